The monoisotopic (exact) mass is 356 g/mol. The number of nitrogens with zero attached hydrogens (tertiary/aromatic N) is 3. The largest absolute Gasteiger partial charge is 0.444 e. The van der Waals surface area contributed by atoms with Crippen LogP contribution in [0.3, 0.4) is 0 Å². The standard InChI is InChI=1S/C18H36N4O3/c1-6-18(7-2,8-13-23)14-20-15(19)21-9-11-22(12-10-21)16(24)25-17(3,4)5/h23H,6-14H2,1-5H3,(H2,19,20). The van der Waals surface area contributed by atoms with Crippen LogP contribution in [0.15, 0.2) is 4.99 Å². The minimum Gasteiger partial charge on any atom is -0.444 e. The van der Waals surface area contributed by atoms with Crippen molar-refractivity contribution in [3.8, 4) is 0 Å². The van der Waals surface area contributed by atoms with Crippen LogP contribution in [0.2, 0.25) is 0 Å². The second kappa shape index (κ2) is 9.27. The molecular formula is C18H36N4O3. The first-order valence-electron chi connectivity index (χ1n) is 9.30. The van der Waals surface area contributed by atoms with Gasteiger partial charge in [0.1, 0.15) is 5.60 Å². The number of nitrogens with two attached hydrogens (primary N) is 1. The van der Waals surface area contributed by atoms with E-state index in [1.165, 1.54) is 0 Å². The van der Waals surface area contributed by atoms with E-state index in [-0.39, 0.29) is 18.1 Å². The van der Waals surface area contributed by atoms with Gasteiger partial charge in [0.25, 0.3) is 0 Å². The van der Waals surface area contributed by atoms with Crippen LogP contribution in [0.4, 0.5) is 4.79 Å². The van der Waals surface area contributed by atoms with E-state index in [4.69, 9.17) is 10.5 Å². The van der Waals surface area contributed by atoms with E-state index in [1.807, 2.05) is 25.7 Å². The van der Waals surface area contributed by atoms with Gasteiger partial charge < -0.3 is 25.4 Å². The van der Waals surface area contributed by atoms with Gasteiger partial charge in [-0.1, -0.05) is 13.8 Å². The molecule has 0 saturated carbocycles. The van der Waals surface area contributed by atoms with Gasteiger partial charge in [-0.05, 0) is 45.4 Å². The Hall–Kier alpha value is -1.50. The maximum Gasteiger partial charge on any atom is 0.410 e. The average Bonchev–Trinajstić information content (AvgIpc) is 2.57. The summed E-state index contributed by atoms with van der Waals surface area (Å²) in [6.07, 6.45) is 2.39. The number of aliphatic hydroxyl groups excluding tert-OH is 1. The molecule has 1 aliphatic rings. The summed E-state index contributed by atoms with van der Waals surface area (Å²) in [5.74, 6) is 0.521. The molecule has 1 amide bonds. The minimum atomic E-state index is -0.481. The number of guanidine groups is 1. The molecule has 25 heavy (non-hydrogen) atoms. The van der Waals surface area contributed by atoms with E-state index in [9.17, 15) is 9.90 Å². The number of piperazine rings is 1. The molecule has 0 atom stereocenters. The van der Waals surface area contributed by atoms with Crippen LogP contribution in [-0.4, -0.2) is 71.9 Å². The van der Waals surface area contributed by atoms with E-state index >= 15 is 0 Å². The summed E-state index contributed by atoms with van der Waals surface area (Å²) in [7, 11) is 0. The fourth-order valence-corrected chi connectivity index (χ4v) is 2.94. The molecule has 0 aromatic heterocycles. The van der Waals surface area contributed by atoms with Crippen LogP contribution < -0.4 is 5.73 Å². The lowest BCUT2D eigenvalue weighted by Crippen LogP contribution is -2.53. The first kappa shape index (κ1) is 21.5. The number of aliphatic hydroxyl groups is 1. The van der Waals surface area contributed by atoms with E-state index in [2.05, 4.69) is 18.8 Å². The van der Waals surface area contributed by atoms with Crippen molar-refractivity contribution in [2.75, 3.05) is 39.3 Å². The second-order valence-electron chi connectivity index (χ2n) is 7.81. The van der Waals surface area contributed by atoms with Crippen LogP contribution in [-0.2, 0) is 4.74 Å². The zero-order valence-corrected chi connectivity index (χ0v) is 16.5. The molecule has 7 heteroatoms. The van der Waals surface area contributed by atoms with E-state index < -0.39 is 5.60 Å². The summed E-state index contributed by atoms with van der Waals surface area (Å²) < 4.78 is 5.40. The Balaban J connectivity index is 2.57. The number of hydrogen-bond donors (Lipinski definition) is 2. The van der Waals surface area contributed by atoms with Gasteiger partial charge in [0.05, 0.1) is 0 Å². The second-order valence-corrected chi connectivity index (χ2v) is 7.81. The number of carbonyl (C=O) groups excluding carboxylic acids is 1. The molecule has 7 nitrogen and oxygen atoms in total. The SMILES string of the molecule is CCC(CC)(CCO)CN=C(N)N1CCN(C(=O)OC(C)(C)C)CC1. The van der Waals surface area contributed by atoms with Crippen molar-refractivity contribution < 1.29 is 14.6 Å². The topological polar surface area (TPSA) is 91.4 Å². The molecule has 0 aromatic rings. The third kappa shape index (κ3) is 6.72. The predicted molar refractivity (Wildman–Crippen MR) is 101 cm³/mol. The number of carbonyl (C=O) groups is 1. The first-order chi connectivity index (χ1) is 11.7. The van der Waals surface area contributed by atoms with E-state index in [1.54, 1.807) is 4.90 Å². The minimum absolute atomic E-state index is 0.0116. The Morgan fingerprint density at radius 2 is 1.64 bits per heavy atom. The van der Waals surface area contributed by atoms with E-state index in [0.29, 0.717) is 38.7 Å². The molecule has 1 aliphatic heterocycles. The third-order valence-corrected chi connectivity index (χ3v) is 4.97. The van der Waals surface area contributed by atoms with Crippen LogP contribution in [0.1, 0.15) is 53.9 Å². The molecule has 1 fully saturated rings. The van der Waals surface area contributed by atoms with Gasteiger partial charge >= 0.3 is 6.09 Å². The normalized spacial score (nSPS) is 17.0. The van der Waals surface area contributed by atoms with Crippen molar-refractivity contribution in [2.24, 2.45) is 16.1 Å². The lowest BCUT2D eigenvalue weighted by molar-refractivity contribution is 0.0186. The molecule has 1 heterocycles. The smallest absolute Gasteiger partial charge is 0.410 e. The maximum atomic E-state index is 12.1. The highest BCUT2D eigenvalue weighted by atomic mass is 16.6. The van der Waals surface area contributed by atoms with Crippen molar-refractivity contribution in [1.82, 2.24) is 9.80 Å². The highest BCUT2D eigenvalue weighted by Crippen LogP contribution is 2.30. The van der Waals surface area contributed by atoms with Gasteiger partial charge in [-0.2, -0.15) is 0 Å². The summed E-state index contributed by atoms with van der Waals surface area (Å²) in [6, 6.07) is 0. The van der Waals surface area contributed by atoms with Gasteiger partial charge in [0, 0.05) is 39.3 Å². The summed E-state index contributed by atoms with van der Waals surface area (Å²) in [4.78, 5) is 20.4. The molecular weight excluding hydrogens is 320 g/mol. The molecule has 3 N–H and O–H groups in total. The fourth-order valence-electron chi connectivity index (χ4n) is 2.94. The van der Waals surface area contributed by atoms with Crippen molar-refractivity contribution in [1.29, 1.82) is 0 Å². The Morgan fingerprint density at radius 3 is 2.08 bits per heavy atom. The molecule has 1 saturated heterocycles. The summed E-state index contributed by atoms with van der Waals surface area (Å²) in [6.45, 7) is 13.1. The molecule has 1 rings (SSSR count). The van der Waals surface area contributed by atoms with Gasteiger partial charge in [0.2, 0.25) is 0 Å². The Morgan fingerprint density at radius 1 is 1.12 bits per heavy atom. The highest BCUT2D eigenvalue weighted by Gasteiger charge is 2.28. The van der Waals surface area contributed by atoms with Gasteiger partial charge in [-0.25, -0.2) is 4.79 Å². The zero-order valence-electron chi connectivity index (χ0n) is 16.5. The number of rotatable bonds is 6. The Bertz CT molecular complexity index is 448. The lowest BCUT2D eigenvalue weighted by atomic mass is 9.79. The molecule has 0 aliphatic carbocycles. The third-order valence-electron chi connectivity index (χ3n) is 4.97. The number of amides is 1. The summed E-state index contributed by atoms with van der Waals surface area (Å²) in [5, 5.41) is 9.30. The van der Waals surface area contributed by atoms with Gasteiger partial charge in [-0.15, -0.1) is 0 Å². The van der Waals surface area contributed by atoms with Gasteiger partial charge in [-0.3, -0.25) is 4.99 Å². The fraction of sp³-hybridized carbons (Fsp3) is 0.889. The molecule has 0 unspecified atom stereocenters. The summed E-state index contributed by atoms with van der Waals surface area (Å²) >= 11 is 0. The van der Waals surface area contributed by atoms with Crippen LogP contribution >= 0.6 is 0 Å². The van der Waals surface area contributed by atoms with E-state index in [0.717, 1.165) is 19.3 Å². The number of hydrogen-bond acceptors (Lipinski definition) is 4. The highest BCUT2D eigenvalue weighted by molar-refractivity contribution is 5.78. The molecule has 0 aromatic carbocycles. The van der Waals surface area contributed by atoms with Crippen molar-refractivity contribution in [3.05, 3.63) is 0 Å². The molecule has 0 bridgehead atoms. The predicted octanol–water partition coefficient (Wildman–Crippen LogP) is 2.04. The average molecular weight is 357 g/mol. The van der Waals surface area contributed by atoms with Crippen LogP contribution in [0.25, 0.3) is 0 Å². The summed E-state index contributed by atoms with van der Waals surface area (Å²) in [5.41, 5.74) is 5.69. The van der Waals surface area contributed by atoms with Crippen LogP contribution in [0.5, 0.6) is 0 Å². The van der Waals surface area contributed by atoms with Crippen LogP contribution in [0, 0.1) is 5.41 Å². The Labute approximate surface area is 152 Å². The van der Waals surface area contributed by atoms with Crippen molar-refractivity contribution in [3.63, 3.8) is 0 Å². The first-order valence-corrected chi connectivity index (χ1v) is 9.30. The number of ether oxygens (including phenoxy) is 1. The maximum absolute atomic E-state index is 12.1. The lowest BCUT2D eigenvalue weighted by Gasteiger charge is -2.36. The molecule has 0 radical (unpaired) electrons. The van der Waals surface area contributed by atoms with Crippen molar-refractivity contribution in [2.45, 2.75) is 59.5 Å². The quantitative estimate of drug-likeness (QED) is 0.561. The van der Waals surface area contributed by atoms with Gasteiger partial charge in [0.15, 0.2) is 5.96 Å². The Kier molecular flexibility index (Phi) is 7.99. The zero-order chi connectivity index (χ0) is 19.1. The number of aliphatic imine (C=N–C) groups is 1. The van der Waals surface area contributed by atoms with Crippen molar-refractivity contribution >= 4 is 12.1 Å². The molecule has 0 spiro atoms. The molecule has 146 valence electrons.